The minimum Gasteiger partial charge on any atom is -0.461 e. The van der Waals surface area contributed by atoms with E-state index in [0.717, 1.165) is 5.56 Å². The van der Waals surface area contributed by atoms with Gasteiger partial charge in [-0.2, -0.15) is 13.9 Å². The summed E-state index contributed by atoms with van der Waals surface area (Å²) < 4.78 is 18.2. The molecule has 2 aromatic carbocycles. The highest BCUT2D eigenvalue weighted by Gasteiger charge is 2.52. The molecule has 11 heteroatoms. The smallest absolute Gasteiger partial charge is 0.449 e. The van der Waals surface area contributed by atoms with Crippen molar-refractivity contribution in [3.8, 4) is 11.1 Å². The highest BCUT2D eigenvalue weighted by Crippen LogP contribution is 2.60. The molecule has 1 aromatic heterocycles. The Morgan fingerprint density at radius 1 is 1.02 bits per heavy atom. The molecule has 0 spiro atoms. The third-order valence-corrected chi connectivity index (χ3v) is 9.56. The first-order valence-corrected chi connectivity index (χ1v) is 16.1. The summed E-state index contributed by atoms with van der Waals surface area (Å²) in [5.41, 5.74) is 2.46. The second-order valence-electron chi connectivity index (χ2n) is 10.7. The number of carbonyl (C=O) groups is 1. The van der Waals surface area contributed by atoms with E-state index < -0.39 is 18.8 Å². The molecule has 0 radical (unpaired) electrons. The monoisotopic (exact) mass is 612 g/mol. The fourth-order valence-corrected chi connectivity index (χ4v) is 7.12. The number of rotatable bonds is 15. The van der Waals surface area contributed by atoms with Gasteiger partial charge >= 0.3 is 13.9 Å². The van der Waals surface area contributed by atoms with Crippen LogP contribution in [-0.2, 0) is 20.3 Å². The highest BCUT2D eigenvalue weighted by molar-refractivity contribution is 7.69. The lowest BCUT2D eigenvalue weighted by Crippen LogP contribution is -2.30. The van der Waals surface area contributed by atoms with Crippen molar-refractivity contribution in [3.63, 3.8) is 0 Å². The first-order chi connectivity index (χ1) is 20.4. The Morgan fingerprint density at radius 3 is 2.23 bits per heavy atom. The van der Waals surface area contributed by atoms with Crippen LogP contribution in [-0.4, -0.2) is 58.1 Å². The van der Waals surface area contributed by atoms with Gasteiger partial charge in [-0.15, -0.1) is 0 Å². The van der Waals surface area contributed by atoms with Gasteiger partial charge in [-0.3, -0.25) is 20.0 Å². The number of hydrogen-bond acceptors (Lipinski definition) is 9. The summed E-state index contributed by atoms with van der Waals surface area (Å²) in [6, 6.07) is 15.9. The van der Waals surface area contributed by atoms with Gasteiger partial charge in [0.1, 0.15) is 18.8 Å². The van der Waals surface area contributed by atoms with Crippen LogP contribution in [0.5, 0.6) is 0 Å². The zero-order valence-electron chi connectivity index (χ0n) is 26.1. The summed E-state index contributed by atoms with van der Waals surface area (Å²) in [6.45, 7) is 12.2. The topological polar surface area (TPSA) is 124 Å². The van der Waals surface area contributed by atoms with Gasteiger partial charge in [0.05, 0.1) is 27.4 Å². The van der Waals surface area contributed by atoms with Crippen molar-refractivity contribution in [2.75, 3.05) is 20.2 Å². The van der Waals surface area contributed by atoms with Crippen molar-refractivity contribution in [2.24, 2.45) is 0 Å². The molecule has 1 heterocycles. The number of hydrogen-bond donors (Lipinski definition) is 1. The molecule has 43 heavy (non-hydrogen) atoms. The third kappa shape index (κ3) is 8.87. The van der Waals surface area contributed by atoms with Crippen LogP contribution >= 0.6 is 7.94 Å². The summed E-state index contributed by atoms with van der Waals surface area (Å²) in [4.78, 5) is 43.9. The molecule has 3 rings (SSSR count). The number of nitro benzene ring substituents is 1. The van der Waals surface area contributed by atoms with Crippen LogP contribution < -0.4 is 5.30 Å². The van der Waals surface area contributed by atoms with Crippen LogP contribution in [0, 0.1) is 24.0 Å². The lowest BCUT2D eigenvalue weighted by Gasteiger charge is -2.26. The Labute approximate surface area is 254 Å². The molecular weight excluding hydrogens is 569 g/mol. The molecule has 232 valence electrons. The van der Waals surface area contributed by atoms with Gasteiger partial charge in [0.2, 0.25) is 5.30 Å². The number of carbonyl (C=O) groups excluding carboxylic acids is 1. The number of aryl methyl sites for hydroxylation is 2. The maximum absolute atomic E-state index is 13.8. The predicted octanol–water partition coefficient (Wildman–Crippen LogP) is 6.57. The van der Waals surface area contributed by atoms with Crippen molar-refractivity contribution in [1.82, 2.24) is 9.88 Å². The third-order valence-electron chi connectivity index (χ3n) is 7.16. The number of aromatic nitrogens is 1. The molecule has 0 aliphatic carbocycles. The Bertz CT molecular complexity index is 1390. The Morgan fingerprint density at radius 2 is 1.65 bits per heavy atom. The van der Waals surface area contributed by atoms with Gasteiger partial charge in [0.25, 0.3) is 5.69 Å². The van der Waals surface area contributed by atoms with Gasteiger partial charge < -0.3 is 4.74 Å². The average molecular weight is 613 g/mol. The zero-order chi connectivity index (χ0) is 31.7. The molecule has 0 aliphatic heterocycles. The van der Waals surface area contributed by atoms with Gasteiger partial charge in [0.15, 0.2) is 0 Å². The molecule has 0 fully saturated rings. The molecular formula is C32H43N3O7P+. The van der Waals surface area contributed by atoms with Crippen molar-refractivity contribution in [2.45, 2.75) is 73.1 Å². The molecule has 3 aromatic rings. The van der Waals surface area contributed by atoms with E-state index in [4.69, 9.17) is 13.8 Å². The van der Waals surface area contributed by atoms with Crippen LogP contribution in [0.4, 0.5) is 5.69 Å². The SMILES string of the molecule is CCC(C)O[P+](O)(OC(C)CC)c1c(C)nc(C)c(C(=O)OCCN(C)Cc2ccccc2)c1-c1cccc([N+](=O)[O-])c1. The quantitative estimate of drug-likeness (QED) is 0.0878. The molecule has 0 amide bonds. The van der Waals surface area contributed by atoms with E-state index in [-0.39, 0.29) is 40.9 Å². The first kappa shape index (κ1) is 34.2. The van der Waals surface area contributed by atoms with E-state index in [1.807, 2.05) is 70.0 Å². The average Bonchev–Trinajstić information content (AvgIpc) is 2.96. The van der Waals surface area contributed by atoms with Gasteiger partial charge in [-0.1, -0.05) is 56.3 Å². The molecule has 2 unspecified atom stereocenters. The molecule has 10 nitrogen and oxygen atoms in total. The number of likely N-dealkylation sites (N-methyl/N-ethyl adjacent to an activating group) is 1. The number of non-ortho nitro benzene ring substituents is 1. The van der Waals surface area contributed by atoms with Crippen molar-refractivity contribution < 1.29 is 28.4 Å². The van der Waals surface area contributed by atoms with Crippen molar-refractivity contribution in [1.29, 1.82) is 0 Å². The number of pyridine rings is 1. The van der Waals surface area contributed by atoms with E-state index >= 15 is 0 Å². The maximum atomic E-state index is 13.8. The lowest BCUT2D eigenvalue weighted by atomic mass is 9.97. The van der Waals surface area contributed by atoms with E-state index in [9.17, 15) is 19.8 Å². The fraction of sp³-hybridized carbons (Fsp3) is 0.438. The summed E-state index contributed by atoms with van der Waals surface area (Å²) in [6.07, 6.45) is 0.442. The Kier molecular flexibility index (Phi) is 12.3. The minimum atomic E-state index is -3.86. The van der Waals surface area contributed by atoms with Crippen LogP contribution in [0.3, 0.4) is 0 Å². The maximum Gasteiger partial charge on any atom is 0.449 e. The van der Waals surface area contributed by atoms with Crippen LogP contribution in [0.2, 0.25) is 0 Å². The normalized spacial score (nSPS) is 14.3. The van der Waals surface area contributed by atoms with Crippen LogP contribution in [0.25, 0.3) is 11.1 Å². The minimum absolute atomic E-state index is 0.103. The summed E-state index contributed by atoms with van der Waals surface area (Å²) in [5.74, 6) is -0.653. The summed E-state index contributed by atoms with van der Waals surface area (Å²) in [7, 11) is -1.92. The van der Waals surface area contributed by atoms with Crippen LogP contribution in [0.15, 0.2) is 54.6 Å². The van der Waals surface area contributed by atoms with E-state index in [1.165, 1.54) is 12.1 Å². The second-order valence-corrected chi connectivity index (χ2v) is 12.6. The van der Waals surface area contributed by atoms with Crippen molar-refractivity contribution >= 4 is 24.9 Å². The molecule has 0 saturated carbocycles. The Hall–Kier alpha value is -3.27. The lowest BCUT2D eigenvalue weighted by molar-refractivity contribution is -0.384. The Balaban J connectivity index is 2.12. The van der Waals surface area contributed by atoms with Gasteiger partial charge in [0, 0.05) is 25.2 Å². The van der Waals surface area contributed by atoms with Gasteiger partial charge in [-0.25, -0.2) is 4.79 Å². The summed E-state index contributed by atoms with van der Waals surface area (Å²) >= 11 is 0. The number of nitro groups is 1. The standard InChI is InChI=1S/C32H43N3O7P/c1-8-22(3)41-43(39,42-23(4)9-2)31-25(6)33-24(5)29(30(31)27-16-13-17-28(20-27)35(37)38)32(36)40-19-18-34(7)21-26-14-11-10-12-15-26/h10-17,20,22-23,39H,8-9,18-19,21H2,1-7H3/q+1. The molecule has 0 aliphatic rings. The zero-order valence-corrected chi connectivity index (χ0v) is 27.0. The summed E-state index contributed by atoms with van der Waals surface area (Å²) in [5, 5.41) is 11.9. The van der Waals surface area contributed by atoms with Crippen LogP contribution in [0.1, 0.15) is 67.8 Å². The van der Waals surface area contributed by atoms with Gasteiger partial charge in [-0.05, 0) is 58.7 Å². The molecule has 0 saturated heterocycles. The highest BCUT2D eigenvalue weighted by atomic mass is 31.2. The molecule has 1 N–H and O–H groups in total. The number of ether oxygens (including phenoxy) is 1. The molecule has 0 bridgehead atoms. The van der Waals surface area contributed by atoms with E-state index in [1.54, 1.807) is 26.0 Å². The number of esters is 1. The number of benzene rings is 2. The first-order valence-electron chi connectivity index (χ1n) is 14.5. The number of nitrogens with zero attached hydrogens (tertiary/aromatic N) is 3. The van der Waals surface area contributed by atoms with E-state index in [0.29, 0.717) is 42.9 Å². The second kappa shape index (κ2) is 15.5. The molecule has 2 atom stereocenters. The predicted molar refractivity (Wildman–Crippen MR) is 169 cm³/mol. The van der Waals surface area contributed by atoms with Crippen molar-refractivity contribution in [3.05, 3.63) is 87.2 Å². The largest absolute Gasteiger partial charge is 0.461 e. The van der Waals surface area contributed by atoms with E-state index in [2.05, 4.69) is 4.98 Å². The fourth-order valence-electron chi connectivity index (χ4n) is 4.60.